The third-order valence-corrected chi connectivity index (χ3v) is 3.38. The van der Waals surface area contributed by atoms with E-state index in [0.29, 0.717) is 21.5 Å². The Morgan fingerprint density at radius 2 is 2.05 bits per heavy atom. The SMILES string of the molecule is NC(=NO)c1ccc(Oc2ccc(F)cc2Br)cc1Cl. The molecule has 0 saturated heterocycles. The second kappa shape index (κ2) is 6.11. The lowest BCUT2D eigenvalue weighted by Gasteiger charge is -2.09. The van der Waals surface area contributed by atoms with E-state index in [-0.39, 0.29) is 16.7 Å². The predicted octanol–water partition coefficient (Wildman–Crippen LogP) is 4.13. The van der Waals surface area contributed by atoms with Crippen molar-refractivity contribution in [3.05, 3.63) is 57.3 Å². The number of oxime groups is 1. The molecule has 7 heteroatoms. The van der Waals surface area contributed by atoms with Crippen LogP contribution in [0.5, 0.6) is 11.5 Å². The van der Waals surface area contributed by atoms with Crippen LogP contribution in [0.15, 0.2) is 46.0 Å². The van der Waals surface area contributed by atoms with Gasteiger partial charge in [0.05, 0.1) is 9.50 Å². The Morgan fingerprint density at radius 1 is 1.30 bits per heavy atom. The van der Waals surface area contributed by atoms with Crippen LogP contribution in [0.4, 0.5) is 4.39 Å². The average molecular weight is 360 g/mol. The highest BCUT2D eigenvalue weighted by Crippen LogP contribution is 2.32. The molecular weight excluding hydrogens is 351 g/mol. The summed E-state index contributed by atoms with van der Waals surface area (Å²) in [6.07, 6.45) is 0. The molecular formula is C13H9BrClFN2O2. The molecule has 0 amide bonds. The first-order chi connectivity index (χ1) is 9.51. The van der Waals surface area contributed by atoms with Gasteiger partial charge in [-0.1, -0.05) is 16.8 Å². The summed E-state index contributed by atoms with van der Waals surface area (Å²) in [4.78, 5) is 0. The van der Waals surface area contributed by atoms with E-state index in [4.69, 9.17) is 27.3 Å². The summed E-state index contributed by atoms with van der Waals surface area (Å²) >= 11 is 9.21. The van der Waals surface area contributed by atoms with Crippen molar-refractivity contribution in [2.75, 3.05) is 0 Å². The molecule has 4 nitrogen and oxygen atoms in total. The van der Waals surface area contributed by atoms with Crippen molar-refractivity contribution in [2.24, 2.45) is 10.9 Å². The fourth-order valence-corrected chi connectivity index (χ4v) is 2.20. The van der Waals surface area contributed by atoms with Gasteiger partial charge in [0.2, 0.25) is 0 Å². The molecule has 0 atom stereocenters. The third-order valence-electron chi connectivity index (χ3n) is 2.45. The highest BCUT2D eigenvalue weighted by molar-refractivity contribution is 9.10. The molecule has 2 aromatic rings. The van der Waals surface area contributed by atoms with E-state index in [1.54, 1.807) is 12.1 Å². The Hall–Kier alpha value is -1.79. The van der Waals surface area contributed by atoms with Crippen LogP contribution in [-0.4, -0.2) is 11.0 Å². The lowest BCUT2D eigenvalue weighted by atomic mass is 10.2. The topological polar surface area (TPSA) is 67.8 Å². The number of nitrogens with zero attached hydrogens (tertiary/aromatic N) is 1. The van der Waals surface area contributed by atoms with Gasteiger partial charge in [0, 0.05) is 11.6 Å². The molecule has 0 unspecified atom stereocenters. The first-order valence-electron chi connectivity index (χ1n) is 5.41. The molecule has 2 rings (SSSR count). The van der Waals surface area contributed by atoms with E-state index in [1.165, 1.54) is 24.3 Å². The van der Waals surface area contributed by atoms with Crippen LogP contribution in [0.2, 0.25) is 5.02 Å². The van der Waals surface area contributed by atoms with Crippen molar-refractivity contribution >= 4 is 33.4 Å². The zero-order valence-corrected chi connectivity index (χ0v) is 12.3. The maximum absolute atomic E-state index is 13.0. The number of nitrogens with two attached hydrogens (primary N) is 1. The van der Waals surface area contributed by atoms with E-state index in [0.717, 1.165) is 0 Å². The highest BCUT2D eigenvalue weighted by atomic mass is 79.9. The molecule has 0 radical (unpaired) electrons. The van der Waals surface area contributed by atoms with E-state index in [9.17, 15) is 4.39 Å². The number of hydrogen-bond acceptors (Lipinski definition) is 3. The van der Waals surface area contributed by atoms with Crippen LogP contribution in [0.25, 0.3) is 0 Å². The van der Waals surface area contributed by atoms with E-state index in [1.807, 2.05) is 0 Å². The number of rotatable bonds is 3. The van der Waals surface area contributed by atoms with Gasteiger partial charge in [0.15, 0.2) is 5.84 Å². The molecule has 3 N–H and O–H groups in total. The molecule has 0 aliphatic heterocycles. The first kappa shape index (κ1) is 14.6. The van der Waals surface area contributed by atoms with Crippen molar-refractivity contribution in [3.8, 4) is 11.5 Å². The van der Waals surface area contributed by atoms with Crippen LogP contribution in [-0.2, 0) is 0 Å². The van der Waals surface area contributed by atoms with Gasteiger partial charge in [-0.05, 0) is 46.3 Å². The smallest absolute Gasteiger partial charge is 0.171 e. The fraction of sp³-hybridized carbons (Fsp3) is 0. The van der Waals surface area contributed by atoms with Crippen molar-refractivity contribution in [1.29, 1.82) is 0 Å². The van der Waals surface area contributed by atoms with Gasteiger partial charge >= 0.3 is 0 Å². The Labute approximate surface area is 127 Å². The Kier molecular flexibility index (Phi) is 4.46. The minimum absolute atomic E-state index is 0.0930. The average Bonchev–Trinajstić information content (AvgIpc) is 2.41. The lowest BCUT2D eigenvalue weighted by molar-refractivity contribution is 0.318. The summed E-state index contributed by atoms with van der Waals surface area (Å²) in [7, 11) is 0. The van der Waals surface area contributed by atoms with Crippen LogP contribution in [0, 0.1) is 5.82 Å². The molecule has 0 saturated carbocycles. The van der Waals surface area contributed by atoms with Crippen LogP contribution >= 0.6 is 27.5 Å². The highest BCUT2D eigenvalue weighted by Gasteiger charge is 2.09. The Morgan fingerprint density at radius 3 is 2.65 bits per heavy atom. The molecule has 0 bridgehead atoms. The largest absolute Gasteiger partial charge is 0.456 e. The summed E-state index contributed by atoms with van der Waals surface area (Å²) in [5.41, 5.74) is 5.85. The maximum Gasteiger partial charge on any atom is 0.171 e. The second-order valence-electron chi connectivity index (χ2n) is 3.80. The van der Waals surface area contributed by atoms with Gasteiger partial charge in [-0.2, -0.15) is 0 Å². The van der Waals surface area contributed by atoms with Crippen molar-refractivity contribution in [3.63, 3.8) is 0 Å². The molecule has 0 aliphatic carbocycles. The molecule has 0 heterocycles. The molecule has 104 valence electrons. The van der Waals surface area contributed by atoms with Gasteiger partial charge in [-0.15, -0.1) is 0 Å². The Bertz CT molecular complexity index is 679. The predicted molar refractivity (Wildman–Crippen MR) is 78.1 cm³/mol. The standard InChI is InChI=1S/C13H9BrClFN2O2/c14-10-5-7(16)1-4-12(10)20-8-2-3-9(11(15)6-8)13(17)18-19/h1-6,19H,(H2,17,18). The molecule has 2 aromatic carbocycles. The number of ether oxygens (including phenoxy) is 1. The fourth-order valence-electron chi connectivity index (χ4n) is 1.51. The molecule has 0 aromatic heterocycles. The number of benzene rings is 2. The summed E-state index contributed by atoms with van der Waals surface area (Å²) < 4.78 is 19.0. The maximum atomic E-state index is 13.0. The van der Waals surface area contributed by atoms with E-state index < -0.39 is 0 Å². The van der Waals surface area contributed by atoms with Crippen molar-refractivity contribution in [1.82, 2.24) is 0 Å². The molecule has 0 fully saturated rings. The van der Waals surface area contributed by atoms with Crippen LogP contribution in [0.3, 0.4) is 0 Å². The van der Waals surface area contributed by atoms with Gasteiger partial charge in [0.25, 0.3) is 0 Å². The summed E-state index contributed by atoms with van der Waals surface area (Å²) in [5.74, 6) is 0.421. The minimum atomic E-state index is -0.371. The molecule has 0 aliphatic rings. The van der Waals surface area contributed by atoms with Gasteiger partial charge in [-0.3, -0.25) is 0 Å². The normalized spacial score (nSPS) is 11.4. The minimum Gasteiger partial charge on any atom is -0.456 e. The first-order valence-corrected chi connectivity index (χ1v) is 6.58. The zero-order valence-electron chi connectivity index (χ0n) is 9.98. The number of halogens is 3. The monoisotopic (exact) mass is 358 g/mol. The summed E-state index contributed by atoms with van der Waals surface area (Å²) in [6.45, 7) is 0. The van der Waals surface area contributed by atoms with Crippen molar-refractivity contribution in [2.45, 2.75) is 0 Å². The van der Waals surface area contributed by atoms with E-state index >= 15 is 0 Å². The second-order valence-corrected chi connectivity index (χ2v) is 5.07. The number of amidine groups is 1. The summed E-state index contributed by atoms with van der Waals surface area (Å²) in [6, 6.07) is 8.75. The molecule has 20 heavy (non-hydrogen) atoms. The van der Waals surface area contributed by atoms with E-state index in [2.05, 4.69) is 21.1 Å². The zero-order chi connectivity index (χ0) is 14.7. The summed E-state index contributed by atoms with van der Waals surface area (Å²) in [5, 5.41) is 11.8. The van der Waals surface area contributed by atoms with Crippen molar-refractivity contribution < 1.29 is 14.3 Å². The van der Waals surface area contributed by atoms with Gasteiger partial charge < -0.3 is 15.7 Å². The van der Waals surface area contributed by atoms with Crippen LogP contribution in [0.1, 0.15) is 5.56 Å². The Balaban J connectivity index is 2.29. The quantitative estimate of drug-likeness (QED) is 0.375. The van der Waals surface area contributed by atoms with Gasteiger partial charge in [0.1, 0.15) is 17.3 Å². The number of hydrogen-bond donors (Lipinski definition) is 2. The van der Waals surface area contributed by atoms with Gasteiger partial charge in [-0.25, -0.2) is 4.39 Å². The molecule has 0 spiro atoms. The third kappa shape index (κ3) is 3.20. The lowest BCUT2D eigenvalue weighted by Crippen LogP contribution is -2.13. The van der Waals surface area contributed by atoms with Crippen LogP contribution < -0.4 is 10.5 Å².